The maximum Gasteiger partial charge on any atom is 0.147 e. The second-order valence-electron chi connectivity index (χ2n) is 6.15. The molecule has 1 aliphatic heterocycles. The Morgan fingerprint density at radius 2 is 2.32 bits per heavy atom. The van der Waals surface area contributed by atoms with E-state index in [0.29, 0.717) is 5.92 Å². The molecule has 0 amide bonds. The van der Waals surface area contributed by atoms with Crippen LogP contribution in [0.15, 0.2) is 23.7 Å². The maximum absolute atomic E-state index is 4.55. The van der Waals surface area contributed by atoms with Gasteiger partial charge in [-0.15, -0.1) is 11.3 Å². The molecule has 0 radical (unpaired) electrons. The van der Waals surface area contributed by atoms with Gasteiger partial charge in [0.2, 0.25) is 0 Å². The van der Waals surface area contributed by atoms with Crippen molar-refractivity contribution >= 4 is 17.2 Å². The fourth-order valence-electron chi connectivity index (χ4n) is 3.03. The van der Waals surface area contributed by atoms with E-state index >= 15 is 0 Å². The molecule has 1 saturated heterocycles. The third-order valence-electron chi connectivity index (χ3n) is 4.20. The highest BCUT2D eigenvalue weighted by Gasteiger charge is 2.20. The summed E-state index contributed by atoms with van der Waals surface area (Å²) in [6.45, 7) is 8.47. The molecule has 1 fully saturated rings. The zero-order valence-electron chi connectivity index (χ0n) is 13.4. The highest BCUT2D eigenvalue weighted by Crippen LogP contribution is 2.21. The molecular weight excluding hydrogens is 292 g/mol. The van der Waals surface area contributed by atoms with Crippen LogP contribution in [-0.2, 0) is 6.54 Å². The number of nitrogens with zero attached hydrogens (tertiary/aromatic N) is 3. The van der Waals surface area contributed by atoms with Gasteiger partial charge in [-0.1, -0.05) is 6.07 Å². The van der Waals surface area contributed by atoms with Gasteiger partial charge in [-0.25, -0.2) is 4.98 Å². The number of hydrogen-bond acceptors (Lipinski definition) is 5. The molecular formula is C17H24N4S. The third kappa shape index (κ3) is 4.05. The number of piperidine rings is 1. The normalized spacial score (nSPS) is 19.3. The summed E-state index contributed by atoms with van der Waals surface area (Å²) in [6.07, 6.45) is 4.41. The summed E-state index contributed by atoms with van der Waals surface area (Å²) in [5, 5.41) is 5.67. The van der Waals surface area contributed by atoms with Crippen LogP contribution >= 0.6 is 11.3 Å². The summed E-state index contributed by atoms with van der Waals surface area (Å²) in [6, 6.07) is 4.38. The minimum absolute atomic E-state index is 0.690. The Bertz CT molecular complexity index is 597. The SMILES string of the molecule is Cc1cnc(C)c(NCC2CCCN(Cc3cccs3)C2)n1. The summed E-state index contributed by atoms with van der Waals surface area (Å²) in [5.41, 5.74) is 1.95. The first-order chi connectivity index (χ1) is 10.7. The second kappa shape index (κ2) is 7.20. The van der Waals surface area contributed by atoms with E-state index in [0.717, 1.165) is 30.3 Å². The van der Waals surface area contributed by atoms with E-state index < -0.39 is 0 Å². The lowest BCUT2D eigenvalue weighted by atomic mass is 9.98. The standard InChI is InChI=1S/C17H24N4S/c1-13-9-18-14(2)17(20-13)19-10-15-5-3-7-21(11-15)12-16-6-4-8-22-16/h4,6,8-9,15H,3,5,7,10-12H2,1-2H3,(H,19,20). The van der Waals surface area contributed by atoms with Crippen LogP contribution in [0.2, 0.25) is 0 Å². The monoisotopic (exact) mass is 316 g/mol. The first-order valence-corrected chi connectivity index (χ1v) is 8.87. The topological polar surface area (TPSA) is 41.1 Å². The number of likely N-dealkylation sites (tertiary alicyclic amines) is 1. The Morgan fingerprint density at radius 1 is 1.41 bits per heavy atom. The molecule has 0 spiro atoms. The summed E-state index contributed by atoms with van der Waals surface area (Å²) in [7, 11) is 0. The van der Waals surface area contributed by atoms with Gasteiger partial charge in [0.05, 0.1) is 11.4 Å². The van der Waals surface area contributed by atoms with E-state index in [1.165, 1.54) is 30.8 Å². The predicted molar refractivity (Wildman–Crippen MR) is 92.3 cm³/mol. The van der Waals surface area contributed by atoms with Crippen LogP contribution in [0.5, 0.6) is 0 Å². The van der Waals surface area contributed by atoms with Crippen LogP contribution < -0.4 is 5.32 Å². The van der Waals surface area contributed by atoms with Gasteiger partial charge in [0.1, 0.15) is 5.82 Å². The van der Waals surface area contributed by atoms with E-state index in [1.807, 2.05) is 31.4 Å². The lowest BCUT2D eigenvalue weighted by molar-refractivity contribution is 0.174. The average Bonchev–Trinajstić information content (AvgIpc) is 3.01. The molecule has 0 saturated carbocycles. The Hall–Kier alpha value is -1.46. The molecule has 1 atom stereocenters. The van der Waals surface area contributed by atoms with Gasteiger partial charge >= 0.3 is 0 Å². The fraction of sp³-hybridized carbons (Fsp3) is 0.529. The van der Waals surface area contributed by atoms with Crippen molar-refractivity contribution in [1.29, 1.82) is 0 Å². The van der Waals surface area contributed by atoms with E-state index in [2.05, 4.69) is 37.7 Å². The molecule has 2 aromatic heterocycles. The minimum Gasteiger partial charge on any atom is -0.368 e. The van der Waals surface area contributed by atoms with E-state index in [4.69, 9.17) is 0 Å². The van der Waals surface area contributed by atoms with Gasteiger partial charge in [-0.3, -0.25) is 9.88 Å². The van der Waals surface area contributed by atoms with Crippen molar-refractivity contribution in [3.05, 3.63) is 40.0 Å². The van der Waals surface area contributed by atoms with Gasteiger partial charge in [-0.2, -0.15) is 0 Å². The highest BCUT2D eigenvalue weighted by atomic mass is 32.1. The molecule has 2 aromatic rings. The fourth-order valence-corrected chi connectivity index (χ4v) is 3.78. The van der Waals surface area contributed by atoms with Crippen molar-refractivity contribution < 1.29 is 0 Å². The molecule has 4 nitrogen and oxygen atoms in total. The molecule has 1 aliphatic rings. The summed E-state index contributed by atoms with van der Waals surface area (Å²) in [4.78, 5) is 13.0. The van der Waals surface area contributed by atoms with Gasteiger partial charge in [0, 0.05) is 30.7 Å². The van der Waals surface area contributed by atoms with Crippen LogP contribution in [0.25, 0.3) is 0 Å². The zero-order chi connectivity index (χ0) is 15.4. The molecule has 1 N–H and O–H groups in total. The first-order valence-electron chi connectivity index (χ1n) is 7.99. The van der Waals surface area contributed by atoms with Crippen molar-refractivity contribution in [3.63, 3.8) is 0 Å². The quantitative estimate of drug-likeness (QED) is 0.917. The van der Waals surface area contributed by atoms with Gasteiger partial charge in [0.15, 0.2) is 0 Å². The number of rotatable bonds is 5. The molecule has 3 heterocycles. The van der Waals surface area contributed by atoms with Gasteiger partial charge in [-0.05, 0) is 50.6 Å². The van der Waals surface area contributed by atoms with Gasteiger partial charge in [0.25, 0.3) is 0 Å². The molecule has 0 aromatic carbocycles. The number of aryl methyl sites for hydroxylation is 2. The van der Waals surface area contributed by atoms with Crippen molar-refractivity contribution in [3.8, 4) is 0 Å². The number of hydrogen-bond donors (Lipinski definition) is 1. The third-order valence-corrected chi connectivity index (χ3v) is 5.06. The summed E-state index contributed by atoms with van der Waals surface area (Å²) in [5.74, 6) is 1.63. The smallest absolute Gasteiger partial charge is 0.147 e. The number of thiophene rings is 1. The van der Waals surface area contributed by atoms with E-state index in [1.54, 1.807) is 0 Å². The lowest BCUT2D eigenvalue weighted by Crippen LogP contribution is -2.37. The van der Waals surface area contributed by atoms with Crippen molar-refractivity contribution in [1.82, 2.24) is 14.9 Å². The summed E-state index contributed by atoms with van der Waals surface area (Å²) >= 11 is 1.86. The Balaban J connectivity index is 1.53. The van der Waals surface area contributed by atoms with Gasteiger partial charge < -0.3 is 5.32 Å². The van der Waals surface area contributed by atoms with Crippen LogP contribution in [0.4, 0.5) is 5.82 Å². The molecule has 0 bridgehead atoms. The predicted octanol–water partition coefficient (Wildman–Crippen LogP) is 3.48. The van der Waals surface area contributed by atoms with E-state index in [-0.39, 0.29) is 0 Å². The largest absolute Gasteiger partial charge is 0.368 e. The number of anilines is 1. The molecule has 3 rings (SSSR count). The van der Waals surface area contributed by atoms with Crippen LogP contribution in [0.1, 0.15) is 29.1 Å². The highest BCUT2D eigenvalue weighted by molar-refractivity contribution is 7.09. The summed E-state index contributed by atoms with van der Waals surface area (Å²) < 4.78 is 0. The van der Waals surface area contributed by atoms with Crippen molar-refractivity contribution in [2.45, 2.75) is 33.2 Å². The maximum atomic E-state index is 4.55. The van der Waals surface area contributed by atoms with Crippen LogP contribution in [0, 0.1) is 19.8 Å². The number of nitrogens with one attached hydrogen (secondary N) is 1. The zero-order valence-corrected chi connectivity index (χ0v) is 14.2. The van der Waals surface area contributed by atoms with Crippen LogP contribution in [0.3, 0.4) is 0 Å². The minimum atomic E-state index is 0.690. The Labute approximate surface area is 136 Å². The van der Waals surface area contributed by atoms with Crippen molar-refractivity contribution in [2.75, 3.05) is 25.0 Å². The Kier molecular flexibility index (Phi) is 5.05. The Morgan fingerprint density at radius 3 is 3.14 bits per heavy atom. The first kappa shape index (κ1) is 15.4. The molecule has 118 valence electrons. The number of aromatic nitrogens is 2. The second-order valence-corrected chi connectivity index (χ2v) is 7.18. The molecule has 0 aliphatic carbocycles. The van der Waals surface area contributed by atoms with E-state index in [9.17, 15) is 0 Å². The van der Waals surface area contributed by atoms with Crippen LogP contribution in [-0.4, -0.2) is 34.5 Å². The van der Waals surface area contributed by atoms with Crippen molar-refractivity contribution in [2.24, 2.45) is 5.92 Å². The molecule has 22 heavy (non-hydrogen) atoms. The lowest BCUT2D eigenvalue weighted by Gasteiger charge is -2.32. The molecule has 1 unspecified atom stereocenters. The average molecular weight is 316 g/mol. The molecule has 5 heteroatoms.